The molecule has 1 aromatic heterocycles. The van der Waals surface area contributed by atoms with E-state index >= 15 is 0 Å². The van der Waals surface area contributed by atoms with Gasteiger partial charge in [0.1, 0.15) is 29.0 Å². The highest BCUT2D eigenvalue weighted by Crippen LogP contribution is 2.33. The number of hydrogen-bond donors (Lipinski definition) is 2. The van der Waals surface area contributed by atoms with Gasteiger partial charge < -0.3 is 16.4 Å². The lowest BCUT2D eigenvalue weighted by Crippen LogP contribution is -2.53. The van der Waals surface area contributed by atoms with E-state index in [2.05, 4.69) is 31.3 Å². The first-order valence-electron chi connectivity index (χ1n) is 10.0. The molecule has 0 radical (unpaired) electrons. The summed E-state index contributed by atoms with van der Waals surface area (Å²) in [5, 5.41) is 0.453. The van der Waals surface area contributed by atoms with Crippen molar-refractivity contribution >= 4 is 28.4 Å². The van der Waals surface area contributed by atoms with Crippen molar-refractivity contribution in [2.45, 2.75) is 13.0 Å². The molecule has 164 valence electrons. The molecule has 9 heteroatoms. The van der Waals surface area contributed by atoms with Crippen molar-refractivity contribution in [1.82, 2.24) is 14.9 Å². The van der Waals surface area contributed by atoms with E-state index in [1.165, 1.54) is 18.5 Å². The molecular formula is C22H27ClFN7. The summed E-state index contributed by atoms with van der Waals surface area (Å²) >= 11 is 5.86. The molecule has 31 heavy (non-hydrogen) atoms. The minimum Gasteiger partial charge on any atom is -0.383 e. The van der Waals surface area contributed by atoms with Crippen LogP contribution >= 0.6 is 11.6 Å². The molecule has 1 aliphatic heterocycles. The van der Waals surface area contributed by atoms with E-state index in [0.29, 0.717) is 23.1 Å². The van der Waals surface area contributed by atoms with Gasteiger partial charge in [0.05, 0.1) is 5.56 Å². The van der Waals surface area contributed by atoms with Crippen LogP contribution in [0.4, 0.5) is 16.0 Å². The molecule has 1 atom stereocenters. The number of aromatic nitrogens is 2. The molecule has 2 aromatic rings. The summed E-state index contributed by atoms with van der Waals surface area (Å²) in [6, 6.07) is 6.18. The fourth-order valence-corrected chi connectivity index (χ4v) is 3.75. The predicted molar refractivity (Wildman–Crippen MR) is 126 cm³/mol. The van der Waals surface area contributed by atoms with Crippen LogP contribution in [0.3, 0.4) is 0 Å². The van der Waals surface area contributed by atoms with Gasteiger partial charge in [-0.1, -0.05) is 36.4 Å². The second kappa shape index (κ2) is 10.5. The average molecular weight is 444 g/mol. The van der Waals surface area contributed by atoms with Crippen LogP contribution in [-0.2, 0) is 0 Å². The Bertz CT molecular complexity index is 962. The quantitative estimate of drug-likeness (QED) is 0.504. The molecule has 1 unspecified atom stereocenters. The molecule has 1 fully saturated rings. The van der Waals surface area contributed by atoms with E-state index in [4.69, 9.17) is 23.1 Å². The maximum atomic E-state index is 13.4. The lowest BCUT2D eigenvalue weighted by atomic mass is 10.0. The van der Waals surface area contributed by atoms with Crippen molar-refractivity contribution in [1.29, 1.82) is 0 Å². The number of benzene rings is 1. The Morgan fingerprint density at radius 3 is 2.52 bits per heavy atom. The van der Waals surface area contributed by atoms with Crippen LogP contribution in [0, 0.1) is 5.82 Å². The lowest BCUT2D eigenvalue weighted by molar-refractivity contribution is 0.213. The Kier molecular flexibility index (Phi) is 7.73. The number of halogens is 2. The fourth-order valence-electron chi connectivity index (χ4n) is 3.70. The van der Waals surface area contributed by atoms with Crippen LogP contribution in [0.25, 0.3) is 11.1 Å². The third-order valence-electron chi connectivity index (χ3n) is 5.28. The zero-order chi connectivity index (χ0) is 22.4. The Hall–Kier alpha value is -2.81. The van der Waals surface area contributed by atoms with Crippen molar-refractivity contribution < 1.29 is 4.39 Å². The molecule has 1 aromatic carbocycles. The highest BCUT2D eigenvalue weighted by Gasteiger charge is 2.27. The Balaban J connectivity index is 1.80. The lowest BCUT2D eigenvalue weighted by Gasteiger charge is -2.40. The standard InChI is InChI=1S/C22H27ClFN7/c1-3-16(13-27-15(2)23)19(12-25)30-8-10-31(11-9-30)22-20(21(26)28-14-29-22)17-4-6-18(24)7-5-17/h3-7,13-14,19H,1,8-12,25H2,2H3,(H2,26,28,29)/b16-13+,27-15?. The fraction of sp³-hybridized carbons (Fsp3) is 0.318. The summed E-state index contributed by atoms with van der Waals surface area (Å²) in [5.74, 6) is 0.803. The second-order valence-corrected chi connectivity index (χ2v) is 7.75. The molecule has 0 spiro atoms. The number of nitrogens with zero attached hydrogens (tertiary/aromatic N) is 5. The molecule has 0 amide bonds. The summed E-state index contributed by atoms with van der Waals surface area (Å²) in [6.07, 6.45) is 4.94. The van der Waals surface area contributed by atoms with Crippen LogP contribution in [0.5, 0.6) is 0 Å². The summed E-state index contributed by atoms with van der Waals surface area (Å²) in [7, 11) is 0. The smallest absolute Gasteiger partial charge is 0.142 e. The van der Waals surface area contributed by atoms with Crippen molar-refractivity contribution in [3.05, 3.63) is 60.8 Å². The zero-order valence-electron chi connectivity index (χ0n) is 17.5. The molecule has 3 rings (SSSR count). The first-order valence-corrected chi connectivity index (χ1v) is 10.4. The highest BCUT2D eigenvalue weighted by atomic mass is 35.5. The Morgan fingerprint density at radius 1 is 1.26 bits per heavy atom. The number of anilines is 2. The monoisotopic (exact) mass is 443 g/mol. The van der Waals surface area contributed by atoms with Gasteiger partial charge >= 0.3 is 0 Å². The van der Waals surface area contributed by atoms with Crippen LogP contribution < -0.4 is 16.4 Å². The van der Waals surface area contributed by atoms with Gasteiger partial charge in [0, 0.05) is 45.0 Å². The topological polar surface area (TPSA) is 96.7 Å². The van der Waals surface area contributed by atoms with Crippen LogP contribution in [0.15, 0.2) is 60.0 Å². The van der Waals surface area contributed by atoms with Gasteiger partial charge in [0.2, 0.25) is 0 Å². The molecule has 4 N–H and O–H groups in total. The molecule has 0 aliphatic carbocycles. The van der Waals surface area contributed by atoms with Crippen LogP contribution in [0.2, 0.25) is 0 Å². The molecular weight excluding hydrogens is 417 g/mol. The van der Waals surface area contributed by atoms with Gasteiger partial charge in [-0.05, 0) is 30.2 Å². The predicted octanol–water partition coefficient (Wildman–Crippen LogP) is 3.04. The van der Waals surface area contributed by atoms with Gasteiger partial charge in [-0.25, -0.2) is 19.4 Å². The maximum absolute atomic E-state index is 13.4. The maximum Gasteiger partial charge on any atom is 0.142 e. The van der Waals surface area contributed by atoms with Crippen LogP contribution in [0.1, 0.15) is 6.92 Å². The number of hydrogen-bond acceptors (Lipinski definition) is 7. The van der Waals surface area contributed by atoms with E-state index in [1.807, 2.05) is 0 Å². The number of piperazine rings is 1. The van der Waals surface area contributed by atoms with E-state index in [-0.39, 0.29) is 11.9 Å². The molecule has 0 saturated carbocycles. The van der Waals surface area contributed by atoms with E-state index in [1.54, 1.807) is 31.3 Å². The molecule has 1 saturated heterocycles. The third kappa shape index (κ3) is 5.46. The van der Waals surface area contributed by atoms with Crippen molar-refractivity contribution in [2.75, 3.05) is 43.4 Å². The Morgan fingerprint density at radius 2 is 1.94 bits per heavy atom. The Labute approximate surface area is 186 Å². The van der Waals surface area contributed by atoms with Gasteiger partial charge in [0.15, 0.2) is 0 Å². The average Bonchev–Trinajstić information content (AvgIpc) is 2.77. The molecule has 1 aliphatic rings. The first kappa shape index (κ1) is 22.9. The molecule has 2 heterocycles. The van der Waals surface area contributed by atoms with Crippen LogP contribution in [-0.4, -0.2) is 58.8 Å². The number of nitrogens with two attached hydrogens (primary N) is 2. The van der Waals surface area contributed by atoms with Gasteiger partial charge in [-0.15, -0.1) is 0 Å². The SMILES string of the molecule is C=C/C(=C\N=C(C)Cl)C(CN)N1CCN(c2ncnc(N)c2-c2ccc(F)cc2)CC1. The van der Waals surface area contributed by atoms with E-state index < -0.39 is 0 Å². The third-order valence-corrected chi connectivity index (χ3v) is 5.38. The number of rotatable bonds is 7. The van der Waals surface area contributed by atoms with Crippen molar-refractivity contribution in [3.8, 4) is 11.1 Å². The van der Waals surface area contributed by atoms with Gasteiger partial charge in [0.25, 0.3) is 0 Å². The van der Waals surface area contributed by atoms with Crippen molar-refractivity contribution in [2.24, 2.45) is 10.7 Å². The minimum absolute atomic E-state index is 0.00791. The van der Waals surface area contributed by atoms with Gasteiger partial charge in [-0.3, -0.25) is 4.90 Å². The second-order valence-electron chi connectivity index (χ2n) is 7.20. The number of aliphatic imine (C=N–C) groups is 1. The summed E-state index contributed by atoms with van der Waals surface area (Å²) < 4.78 is 13.4. The summed E-state index contributed by atoms with van der Waals surface area (Å²) in [4.78, 5) is 17.3. The largest absolute Gasteiger partial charge is 0.383 e. The minimum atomic E-state index is -0.304. The van der Waals surface area contributed by atoms with E-state index in [0.717, 1.165) is 43.1 Å². The number of nitrogen functional groups attached to an aromatic ring is 1. The summed E-state index contributed by atoms with van der Waals surface area (Å²) in [5.41, 5.74) is 14.7. The highest BCUT2D eigenvalue weighted by molar-refractivity contribution is 6.64. The van der Waals surface area contributed by atoms with Gasteiger partial charge in [-0.2, -0.15) is 0 Å². The zero-order valence-corrected chi connectivity index (χ0v) is 18.3. The normalized spacial score (nSPS) is 17.0. The molecule has 0 bridgehead atoms. The molecule has 7 nitrogen and oxygen atoms in total. The van der Waals surface area contributed by atoms with E-state index in [9.17, 15) is 4.39 Å². The summed E-state index contributed by atoms with van der Waals surface area (Å²) in [6.45, 7) is 9.04. The first-order chi connectivity index (χ1) is 14.9. The van der Waals surface area contributed by atoms with Crippen molar-refractivity contribution in [3.63, 3.8) is 0 Å².